The molecule has 7 nitrogen and oxygen atoms in total. The first kappa shape index (κ1) is 19.5. The van der Waals surface area contributed by atoms with Crippen molar-refractivity contribution in [3.8, 4) is 5.75 Å². The van der Waals surface area contributed by atoms with Crippen molar-refractivity contribution in [1.82, 2.24) is 20.4 Å². The molecule has 3 rings (SSSR count). The lowest BCUT2D eigenvalue weighted by Crippen LogP contribution is -2.43. The summed E-state index contributed by atoms with van der Waals surface area (Å²) in [6.07, 6.45) is 1.29. The molecule has 144 valence electrons. The third-order valence-corrected chi connectivity index (χ3v) is 4.75. The summed E-state index contributed by atoms with van der Waals surface area (Å²) >= 11 is 0.991. The van der Waals surface area contributed by atoms with Crippen LogP contribution in [0.4, 0.5) is 0 Å². The zero-order chi connectivity index (χ0) is 19.8. The summed E-state index contributed by atoms with van der Waals surface area (Å²) in [5, 5.41) is 3.87. The third-order valence-electron chi connectivity index (χ3n) is 3.98. The number of aryl methyl sites for hydroxylation is 1. The number of carbonyl (C=O) groups is 2. The Bertz CT molecular complexity index is 943. The quantitative estimate of drug-likeness (QED) is 0.599. The summed E-state index contributed by atoms with van der Waals surface area (Å²) in [7, 11) is 0. The zero-order valence-electron chi connectivity index (χ0n) is 15.3. The molecule has 0 atom stereocenters. The Morgan fingerprint density at radius 2 is 1.79 bits per heavy atom. The summed E-state index contributed by atoms with van der Waals surface area (Å²) in [4.78, 5) is 24.5. The number of para-hydroxylation sites is 1. The maximum Gasteiger partial charge on any atom is 0.283 e. The van der Waals surface area contributed by atoms with Crippen LogP contribution in [-0.2, 0) is 17.6 Å². The minimum Gasteiger partial charge on any atom is -0.483 e. The van der Waals surface area contributed by atoms with Crippen LogP contribution in [0.5, 0.6) is 5.75 Å². The highest BCUT2D eigenvalue weighted by atomic mass is 32.1. The number of carbonyl (C=O) groups excluding carboxylic acids is 2. The van der Waals surface area contributed by atoms with Gasteiger partial charge < -0.3 is 4.74 Å². The van der Waals surface area contributed by atoms with Crippen LogP contribution in [0.1, 0.15) is 33.4 Å². The molecular weight excluding hydrogens is 376 g/mol. The van der Waals surface area contributed by atoms with E-state index < -0.39 is 11.8 Å². The van der Waals surface area contributed by atoms with Gasteiger partial charge in [0, 0.05) is 6.42 Å². The van der Waals surface area contributed by atoms with E-state index in [9.17, 15) is 9.59 Å². The number of hydrazine groups is 1. The minimum atomic E-state index is -0.460. The number of nitrogens with one attached hydrogen (secondary N) is 2. The first-order valence-electron chi connectivity index (χ1n) is 8.82. The van der Waals surface area contributed by atoms with Crippen molar-refractivity contribution in [3.05, 3.63) is 76.3 Å². The number of rotatable bonds is 7. The molecule has 8 heteroatoms. The molecule has 0 bridgehead atoms. The summed E-state index contributed by atoms with van der Waals surface area (Å²) < 4.78 is 9.41. The van der Waals surface area contributed by atoms with Crippen molar-refractivity contribution in [2.24, 2.45) is 0 Å². The fourth-order valence-electron chi connectivity index (χ4n) is 2.58. The highest BCUT2D eigenvalue weighted by molar-refractivity contribution is 7.08. The van der Waals surface area contributed by atoms with Gasteiger partial charge in [-0.15, -0.1) is 5.10 Å². The Balaban J connectivity index is 1.53. The van der Waals surface area contributed by atoms with E-state index in [4.69, 9.17) is 4.74 Å². The summed E-state index contributed by atoms with van der Waals surface area (Å²) in [5.41, 5.74) is 7.44. The summed E-state index contributed by atoms with van der Waals surface area (Å²) in [5.74, 6) is -0.268. The molecule has 2 N–H and O–H groups in total. The molecule has 1 aromatic heterocycles. The van der Waals surface area contributed by atoms with Gasteiger partial charge in [0.05, 0.1) is 5.69 Å². The van der Waals surface area contributed by atoms with Crippen molar-refractivity contribution < 1.29 is 14.3 Å². The number of nitrogens with zero attached hydrogens (tertiary/aromatic N) is 2. The van der Waals surface area contributed by atoms with Gasteiger partial charge in [0.15, 0.2) is 6.61 Å². The predicted molar refractivity (Wildman–Crippen MR) is 106 cm³/mol. The molecule has 0 aliphatic carbocycles. The molecule has 0 aliphatic rings. The number of hydrogen-bond acceptors (Lipinski definition) is 6. The third kappa shape index (κ3) is 5.14. The zero-order valence-corrected chi connectivity index (χ0v) is 16.2. The van der Waals surface area contributed by atoms with Crippen LogP contribution >= 0.6 is 11.5 Å². The second-order valence-corrected chi connectivity index (χ2v) is 6.72. The van der Waals surface area contributed by atoms with Gasteiger partial charge in [-0.2, -0.15) is 0 Å². The number of amides is 2. The fourth-order valence-corrected chi connectivity index (χ4v) is 3.23. The number of benzene rings is 2. The van der Waals surface area contributed by atoms with Gasteiger partial charge >= 0.3 is 0 Å². The maximum absolute atomic E-state index is 12.1. The SMILES string of the molecule is CCc1nnsc1C(=O)NNC(=O)COc1ccccc1Cc1ccccc1. The molecular formula is C20H20N4O3S. The largest absolute Gasteiger partial charge is 0.483 e. The molecule has 0 aliphatic heterocycles. The first-order valence-corrected chi connectivity index (χ1v) is 9.59. The van der Waals surface area contributed by atoms with Gasteiger partial charge in [0.2, 0.25) is 0 Å². The number of hydrogen-bond donors (Lipinski definition) is 2. The Kier molecular flexibility index (Phi) is 6.69. The van der Waals surface area contributed by atoms with Gasteiger partial charge in [-0.05, 0) is 35.1 Å². The Morgan fingerprint density at radius 1 is 1.04 bits per heavy atom. The van der Waals surface area contributed by atoms with Gasteiger partial charge in [-0.3, -0.25) is 20.4 Å². The molecule has 2 aromatic carbocycles. The molecule has 1 heterocycles. The molecule has 3 aromatic rings. The van der Waals surface area contributed by atoms with Crippen molar-refractivity contribution in [3.63, 3.8) is 0 Å². The lowest BCUT2D eigenvalue weighted by Gasteiger charge is -2.12. The monoisotopic (exact) mass is 396 g/mol. The van der Waals surface area contributed by atoms with Crippen LogP contribution < -0.4 is 15.6 Å². The standard InChI is InChI=1S/C20H20N4O3S/c1-2-16-19(28-24-21-16)20(26)23-22-18(25)13-27-17-11-7-6-10-15(17)12-14-8-4-3-5-9-14/h3-11H,2,12-13H2,1H3,(H,22,25)(H,23,26). The molecule has 0 spiro atoms. The molecule has 0 saturated carbocycles. The molecule has 0 saturated heterocycles. The topological polar surface area (TPSA) is 93.2 Å². The Morgan fingerprint density at radius 3 is 2.57 bits per heavy atom. The van der Waals surface area contributed by atoms with Crippen molar-refractivity contribution in [1.29, 1.82) is 0 Å². The van der Waals surface area contributed by atoms with Crippen LogP contribution in [0.25, 0.3) is 0 Å². The lowest BCUT2D eigenvalue weighted by atomic mass is 10.0. The average molecular weight is 396 g/mol. The van der Waals surface area contributed by atoms with Crippen molar-refractivity contribution in [2.75, 3.05) is 6.61 Å². The van der Waals surface area contributed by atoms with E-state index in [2.05, 4.69) is 20.4 Å². The Labute approximate surface area is 166 Å². The van der Waals surface area contributed by atoms with Gasteiger partial charge in [0.1, 0.15) is 10.6 Å². The highest BCUT2D eigenvalue weighted by Gasteiger charge is 2.15. The van der Waals surface area contributed by atoms with Crippen LogP contribution in [0, 0.1) is 0 Å². The second kappa shape index (κ2) is 9.61. The van der Waals surface area contributed by atoms with Gasteiger partial charge in [-0.25, -0.2) is 0 Å². The van der Waals surface area contributed by atoms with Crippen molar-refractivity contribution in [2.45, 2.75) is 19.8 Å². The van der Waals surface area contributed by atoms with Crippen LogP contribution in [-0.4, -0.2) is 28.0 Å². The van der Waals surface area contributed by atoms with Crippen molar-refractivity contribution >= 4 is 23.3 Å². The molecule has 2 amide bonds. The summed E-state index contributed by atoms with van der Waals surface area (Å²) in [6.45, 7) is 1.67. The van der Waals surface area contributed by atoms with E-state index in [1.54, 1.807) is 0 Å². The van der Waals surface area contributed by atoms with E-state index in [1.165, 1.54) is 0 Å². The minimum absolute atomic E-state index is 0.215. The van der Waals surface area contributed by atoms with Crippen LogP contribution in [0.2, 0.25) is 0 Å². The van der Waals surface area contributed by atoms with E-state index in [-0.39, 0.29) is 6.61 Å². The molecule has 0 unspecified atom stereocenters. The Hall–Kier alpha value is -3.26. The number of ether oxygens (including phenoxy) is 1. The smallest absolute Gasteiger partial charge is 0.283 e. The van der Waals surface area contributed by atoms with E-state index in [1.807, 2.05) is 61.5 Å². The van der Waals surface area contributed by atoms with E-state index >= 15 is 0 Å². The fraction of sp³-hybridized carbons (Fsp3) is 0.200. The lowest BCUT2D eigenvalue weighted by molar-refractivity contribution is -0.123. The molecule has 0 fully saturated rings. The first-order chi connectivity index (χ1) is 13.7. The molecule has 28 heavy (non-hydrogen) atoms. The maximum atomic E-state index is 12.1. The summed E-state index contributed by atoms with van der Waals surface area (Å²) in [6, 6.07) is 17.6. The van der Waals surface area contributed by atoms with Gasteiger partial charge in [0.25, 0.3) is 11.8 Å². The van der Waals surface area contributed by atoms with Crippen LogP contribution in [0.15, 0.2) is 54.6 Å². The highest BCUT2D eigenvalue weighted by Crippen LogP contribution is 2.21. The predicted octanol–water partition coefficient (Wildman–Crippen LogP) is 2.53. The van der Waals surface area contributed by atoms with E-state index in [0.717, 1.165) is 22.7 Å². The van der Waals surface area contributed by atoms with Crippen LogP contribution in [0.3, 0.4) is 0 Å². The average Bonchev–Trinajstić information content (AvgIpc) is 3.21. The van der Waals surface area contributed by atoms with E-state index in [0.29, 0.717) is 29.2 Å². The van der Waals surface area contributed by atoms with Gasteiger partial charge in [-0.1, -0.05) is 59.9 Å². The number of aromatic nitrogens is 2. The second-order valence-electron chi connectivity index (χ2n) is 5.96. The normalized spacial score (nSPS) is 10.3. The molecule has 0 radical (unpaired) electrons.